The summed E-state index contributed by atoms with van der Waals surface area (Å²) in [5.74, 6) is -0.415. The second-order valence-electron chi connectivity index (χ2n) is 5.04. The van der Waals surface area contributed by atoms with Gasteiger partial charge in [0.05, 0.1) is 31.7 Å². The summed E-state index contributed by atoms with van der Waals surface area (Å²) in [4.78, 5) is 24.1. The van der Waals surface area contributed by atoms with E-state index in [9.17, 15) is 14.7 Å². The molecule has 0 fully saturated rings. The van der Waals surface area contributed by atoms with Gasteiger partial charge in [-0.3, -0.25) is 4.79 Å². The number of alkyl halides is 1. The molecule has 1 aromatic heterocycles. The zero-order chi connectivity index (χ0) is 16.7. The lowest BCUT2D eigenvalue weighted by atomic mass is 10.1. The van der Waals surface area contributed by atoms with Crippen molar-refractivity contribution in [3.63, 3.8) is 0 Å². The predicted molar refractivity (Wildman–Crippen MR) is 86.5 cm³/mol. The van der Waals surface area contributed by atoms with Gasteiger partial charge in [-0.2, -0.15) is 0 Å². The Morgan fingerprint density at radius 2 is 2.04 bits per heavy atom. The largest absolute Gasteiger partial charge is 0.493 e. The van der Waals surface area contributed by atoms with Crippen molar-refractivity contribution in [1.82, 2.24) is 4.57 Å². The van der Waals surface area contributed by atoms with Gasteiger partial charge in [0.2, 0.25) is 11.3 Å². The number of nitrogens with zero attached hydrogens (tertiary/aromatic N) is 1. The van der Waals surface area contributed by atoms with E-state index in [0.29, 0.717) is 28.9 Å². The average Bonchev–Trinajstić information content (AvgIpc) is 2.97. The highest BCUT2D eigenvalue weighted by atomic mass is 79.9. The molecule has 8 heteroatoms. The maximum Gasteiger partial charge on any atom is 0.345 e. The van der Waals surface area contributed by atoms with Crippen LogP contribution in [0.2, 0.25) is 0 Å². The quantitative estimate of drug-likeness (QED) is 0.811. The maximum absolute atomic E-state index is 12.6. The molecule has 2 heterocycles. The molecule has 0 saturated carbocycles. The Kier molecular flexibility index (Phi) is 3.93. The molecule has 0 aliphatic carbocycles. The van der Waals surface area contributed by atoms with Crippen molar-refractivity contribution in [3.05, 3.63) is 27.9 Å². The van der Waals surface area contributed by atoms with Crippen molar-refractivity contribution in [2.24, 2.45) is 0 Å². The standard InChI is InChI=1S/C15H14BrNO6/c1-21-10-3-8-9(4-11(10)22-2)17-6-7(5-16)23-14(17)12(13(8)18)15(19)20/h3-4,7H,5-6H2,1-2H3,(H,19,20). The van der Waals surface area contributed by atoms with Crippen molar-refractivity contribution < 1.29 is 24.1 Å². The molecule has 7 nitrogen and oxygen atoms in total. The summed E-state index contributed by atoms with van der Waals surface area (Å²) >= 11 is 3.32. The normalized spacial score (nSPS) is 16.0. The van der Waals surface area contributed by atoms with Crippen LogP contribution in [-0.2, 0) is 6.54 Å². The Bertz CT molecular complexity index is 859. The third-order valence-corrected chi connectivity index (χ3v) is 4.50. The number of rotatable bonds is 4. The highest BCUT2D eigenvalue weighted by Gasteiger charge is 2.31. The number of carboxylic acids is 1. The van der Waals surface area contributed by atoms with Crippen LogP contribution in [0.3, 0.4) is 0 Å². The van der Waals surface area contributed by atoms with Crippen LogP contribution in [0.4, 0.5) is 0 Å². The lowest BCUT2D eigenvalue weighted by Crippen LogP contribution is -2.19. The summed E-state index contributed by atoms with van der Waals surface area (Å²) in [6.45, 7) is 0.438. The van der Waals surface area contributed by atoms with Crippen LogP contribution in [0.25, 0.3) is 10.9 Å². The van der Waals surface area contributed by atoms with Gasteiger partial charge in [-0.05, 0) is 6.07 Å². The molecular weight excluding hydrogens is 370 g/mol. The fourth-order valence-electron chi connectivity index (χ4n) is 2.72. The van der Waals surface area contributed by atoms with E-state index in [1.54, 1.807) is 10.6 Å². The number of aromatic nitrogens is 1. The van der Waals surface area contributed by atoms with Gasteiger partial charge >= 0.3 is 5.97 Å². The summed E-state index contributed by atoms with van der Waals surface area (Å²) in [7, 11) is 2.95. The summed E-state index contributed by atoms with van der Waals surface area (Å²) in [6, 6.07) is 3.16. The first kappa shape index (κ1) is 15.7. The van der Waals surface area contributed by atoms with E-state index < -0.39 is 11.4 Å². The number of benzene rings is 1. The number of hydrogen-bond acceptors (Lipinski definition) is 5. The van der Waals surface area contributed by atoms with E-state index >= 15 is 0 Å². The zero-order valence-corrected chi connectivity index (χ0v) is 14.0. The molecule has 3 rings (SSSR count). The SMILES string of the molecule is COc1cc2c(=O)c(C(=O)O)c3n(c2cc1OC)CC(CBr)O3. The first-order chi connectivity index (χ1) is 11.0. The van der Waals surface area contributed by atoms with Gasteiger partial charge < -0.3 is 23.9 Å². The fraction of sp³-hybridized carbons (Fsp3) is 0.333. The van der Waals surface area contributed by atoms with Crippen LogP contribution in [0.15, 0.2) is 16.9 Å². The van der Waals surface area contributed by atoms with Gasteiger partial charge in [-0.15, -0.1) is 0 Å². The minimum Gasteiger partial charge on any atom is -0.493 e. The third-order valence-electron chi connectivity index (χ3n) is 3.77. The number of carbonyl (C=O) groups is 1. The predicted octanol–water partition coefficient (Wildman–Crippen LogP) is 1.87. The Balaban J connectivity index is 2.42. The number of aromatic carboxylic acids is 1. The molecule has 1 unspecified atom stereocenters. The number of methoxy groups -OCH3 is 2. The van der Waals surface area contributed by atoms with E-state index in [4.69, 9.17) is 14.2 Å². The highest BCUT2D eigenvalue weighted by molar-refractivity contribution is 9.09. The number of pyridine rings is 1. The van der Waals surface area contributed by atoms with E-state index in [1.807, 2.05) is 0 Å². The van der Waals surface area contributed by atoms with Crippen molar-refractivity contribution in [3.8, 4) is 17.4 Å². The van der Waals surface area contributed by atoms with Gasteiger partial charge in [0.15, 0.2) is 17.1 Å². The van der Waals surface area contributed by atoms with E-state index in [-0.39, 0.29) is 22.9 Å². The molecule has 0 bridgehead atoms. The van der Waals surface area contributed by atoms with Crippen molar-refractivity contribution in [2.45, 2.75) is 12.6 Å². The minimum absolute atomic E-state index is 0.0756. The first-order valence-corrected chi connectivity index (χ1v) is 7.92. The molecule has 0 amide bonds. The van der Waals surface area contributed by atoms with Crippen LogP contribution in [-0.4, -0.2) is 41.3 Å². The molecule has 1 aromatic carbocycles. The van der Waals surface area contributed by atoms with Crippen molar-refractivity contribution in [2.75, 3.05) is 19.5 Å². The summed E-state index contributed by atoms with van der Waals surface area (Å²) in [5.41, 5.74) is -0.417. The number of ether oxygens (including phenoxy) is 3. The highest BCUT2D eigenvalue weighted by Crippen LogP contribution is 2.36. The second kappa shape index (κ2) is 5.77. The Morgan fingerprint density at radius 3 is 2.61 bits per heavy atom. The maximum atomic E-state index is 12.6. The molecular formula is C15H14BrNO6. The lowest BCUT2D eigenvalue weighted by molar-refractivity contribution is 0.0690. The van der Waals surface area contributed by atoms with Crippen molar-refractivity contribution >= 4 is 32.8 Å². The first-order valence-electron chi connectivity index (χ1n) is 6.80. The summed E-state index contributed by atoms with van der Waals surface area (Å²) < 4.78 is 17.8. The Labute approximate surface area is 139 Å². The second-order valence-corrected chi connectivity index (χ2v) is 5.69. The Morgan fingerprint density at radius 1 is 1.39 bits per heavy atom. The molecule has 0 spiro atoms. The van der Waals surface area contributed by atoms with Crippen LogP contribution in [0, 0.1) is 0 Å². The van der Waals surface area contributed by atoms with Crippen LogP contribution < -0.4 is 19.6 Å². The minimum atomic E-state index is -1.31. The molecule has 1 aliphatic rings. The van der Waals surface area contributed by atoms with Gasteiger partial charge in [-0.25, -0.2) is 4.79 Å². The molecule has 1 atom stereocenters. The smallest absolute Gasteiger partial charge is 0.345 e. The van der Waals surface area contributed by atoms with Gasteiger partial charge in [-0.1, -0.05) is 15.9 Å². The van der Waals surface area contributed by atoms with Crippen LogP contribution in [0.5, 0.6) is 17.4 Å². The molecule has 1 N–H and O–H groups in total. The van der Waals surface area contributed by atoms with Crippen LogP contribution >= 0.6 is 15.9 Å². The Hall–Kier alpha value is -2.22. The fourth-order valence-corrected chi connectivity index (χ4v) is 3.06. The average molecular weight is 384 g/mol. The lowest BCUT2D eigenvalue weighted by Gasteiger charge is -2.13. The number of hydrogen-bond donors (Lipinski definition) is 1. The molecule has 23 heavy (non-hydrogen) atoms. The number of halogens is 1. The molecule has 122 valence electrons. The molecule has 0 radical (unpaired) electrons. The van der Waals surface area contributed by atoms with E-state index in [1.165, 1.54) is 20.3 Å². The number of carboxylic acid groups (broad SMARTS) is 1. The van der Waals surface area contributed by atoms with Gasteiger partial charge in [0.25, 0.3) is 0 Å². The molecule has 0 saturated heterocycles. The summed E-state index contributed by atoms with van der Waals surface area (Å²) in [5, 5.41) is 10.2. The third kappa shape index (κ3) is 2.33. The number of fused-ring (bicyclic) bond motifs is 3. The van der Waals surface area contributed by atoms with E-state index in [0.717, 1.165) is 0 Å². The topological polar surface area (TPSA) is 87.0 Å². The van der Waals surface area contributed by atoms with E-state index in [2.05, 4.69) is 15.9 Å². The van der Waals surface area contributed by atoms with Crippen LogP contribution in [0.1, 0.15) is 10.4 Å². The monoisotopic (exact) mass is 383 g/mol. The van der Waals surface area contributed by atoms with Gasteiger partial charge in [0, 0.05) is 11.4 Å². The molecule has 1 aliphatic heterocycles. The molecule has 2 aromatic rings. The van der Waals surface area contributed by atoms with Crippen molar-refractivity contribution in [1.29, 1.82) is 0 Å². The zero-order valence-electron chi connectivity index (χ0n) is 12.5. The van der Waals surface area contributed by atoms with Gasteiger partial charge in [0.1, 0.15) is 6.10 Å². The summed E-state index contributed by atoms with van der Waals surface area (Å²) in [6.07, 6.45) is -0.244.